The van der Waals surface area contributed by atoms with Crippen LogP contribution in [0.2, 0.25) is 0 Å². The van der Waals surface area contributed by atoms with Crippen LogP contribution in [0, 0.1) is 12.7 Å². The van der Waals surface area contributed by atoms with E-state index in [4.69, 9.17) is 0 Å². The molecule has 2 heteroatoms. The number of nitrogens with zero attached hydrogens (tertiary/aromatic N) is 1. The molecule has 0 saturated carbocycles. The maximum Gasteiger partial charge on any atom is 0.128 e. The molecule has 2 rings (SSSR count). The van der Waals surface area contributed by atoms with Crippen molar-refractivity contribution in [2.45, 2.75) is 20.3 Å². The van der Waals surface area contributed by atoms with Gasteiger partial charge < -0.3 is 0 Å². The van der Waals surface area contributed by atoms with E-state index in [1.165, 1.54) is 6.07 Å². The predicted octanol–water partition coefficient (Wildman–Crippen LogP) is 3.24. The van der Waals surface area contributed by atoms with Crippen molar-refractivity contribution in [2.75, 3.05) is 0 Å². The molecule has 14 heavy (non-hydrogen) atoms. The van der Waals surface area contributed by atoms with Gasteiger partial charge in [0.05, 0.1) is 5.52 Å². The number of benzene rings is 1. The number of fused-ring (bicyclic) bond motifs is 1. The Morgan fingerprint density at radius 1 is 1.21 bits per heavy atom. The quantitative estimate of drug-likeness (QED) is 0.671. The first-order valence-electron chi connectivity index (χ1n) is 4.77. The summed E-state index contributed by atoms with van der Waals surface area (Å²) >= 11 is 0. The highest BCUT2D eigenvalue weighted by Crippen LogP contribution is 2.20. The molecular weight excluding hydrogens is 177 g/mol. The van der Waals surface area contributed by atoms with Gasteiger partial charge in [-0.05, 0) is 31.5 Å². The molecule has 1 aromatic carbocycles. The van der Waals surface area contributed by atoms with Crippen LogP contribution in [-0.4, -0.2) is 4.98 Å². The Labute approximate surface area is 82.6 Å². The van der Waals surface area contributed by atoms with Crippen LogP contribution >= 0.6 is 0 Å². The normalized spacial score (nSPS) is 10.8. The second-order valence-electron chi connectivity index (χ2n) is 3.40. The van der Waals surface area contributed by atoms with E-state index >= 15 is 0 Å². The van der Waals surface area contributed by atoms with Gasteiger partial charge in [-0.3, -0.25) is 4.98 Å². The fourth-order valence-electron chi connectivity index (χ4n) is 1.66. The average Bonchev–Trinajstić information content (AvgIpc) is 2.17. The molecule has 0 unspecified atom stereocenters. The van der Waals surface area contributed by atoms with E-state index in [1.807, 2.05) is 26.0 Å². The average molecular weight is 189 g/mol. The molecule has 0 N–H and O–H groups in total. The van der Waals surface area contributed by atoms with Gasteiger partial charge in [0.2, 0.25) is 0 Å². The van der Waals surface area contributed by atoms with Gasteiger partial charge in [0, 0.05) is 16.6 Å². The Bertz CT molecular complexity index is 472. The molecule has 2 aromatic rings. The number of rotatable bonds is 1. The Morgan fingerprint density at radius 2 is 1.93 bits per heavy atom. The Kier molecular flexibility index (Phi) is 2.20. The van der Waals surface area contributed by atoms with Crippen LogP contribution in [0.25, 0.3) is 10.9 Å². The minimum atomic E-state index is -0.155. The third-order valence-corrected chi connectivity index (χ3v) is 2.40. The molecule has 0 amide bonds. The van der Waals surface area contributed by atoms with E-state index in [1.54, 1.807) is 6.07 Å². The van der Waals surface area contributed by atoms with E-state index in [0.717, 1.165) is 16.6 Å². The lowest BCUT2D eigenvalue weighted by Crippen LogP contribution is -1.93. The molecule has 0 saturated heterocycles. The minimum Gasteiger partial charge on any atom is -0.253 e. The summed E-state index contributed by atoms with van der Waals surface area (Å²) in [6.45, 7) is 3.87. The van der Waals surface area contributed by atoms with Crippen LogP contribution in [0.5, 0.6) is 0 Å². The molecule has 1 heterocycles. The first-order valence-corrected chi connectivity index (χ1v) is 4.77. The lowest BCUT2D eigenvalue weighted by Gasteiger charge is -2.05. The Morgan fingerprint density at radius 3 is 2.64 bits per heavy atom. The third kappa shape index (κ3) is 1.37. The van der Waals surface area contributed by atoms with Crippen molar-refractivity contribution in [2.24, 2.45) is 0 Å². The first kappa shape index (κ1) is 9.13. The maximum atomic E-state index is 13.4. The van der Waals surface area contributed by atoms with Gasteiger partial charge >= 0.3 is 0 Å². The highest BCUT2D eigenvalue weighted by molar-refractivity contribution is 5.82. The zero-order valence-electron chi connectivity index (χ0n) is 8.34. The molecular formula is C12H12FN. The molecule has 0 aliphatic carbocycles. The Balaban J connectivity index is 2.84. The lowest BCUT2D eigenvalue weighted by molar-refractivity contribution is 0.614. The predicted molar refractivity (Wildman–Crippen MR) is 55.8 cm³/mol. The topological polar surface area (TPSA) is 12.9 Å². The van der Waals surface area contributed by atoms with Crippen molar-refractivity contribution in [3.8, 4) is 0 Å². The summed E-state index contributed by atoms with van der Waals surface area (Å²) in [5.41, 5.74) is 2.44. The summed E-state index contributed by atoms with van der Waals surface area (Å²) in [5, 5.41) is 1.01. The van der Waals surface area contributed by atoms with Gasteiger partial charge in [0.15, 0.2) is 0 Å². The molecule has 0 bridgehead atoms. The minimum absolute atomic E-state index is 0.155. The number of hydrogen-bond donors (Lipinski definition) is 0. The number of hydrogen-bond acceptors (Lipinski definition) is 1. The van der Waals surface area contributed by atoms with Crippen molar-refractivity contribution in [3.63, 3.8) is 0 Å². The lowest BCUT2D eigenvalue weighted by atomic mass is 10.1. The maximum absolute atomic E-state index is 13.4. The molecule has 0 aliphatic heterocycles. The smallest absolute Gasteiger partial charge is 0.128 e. The first-order chi connectivity index (χ1) is 6.72. The van der Waals surface area contributed by atoms with Crippen molar-refractivity contribution in [1.82, 2.24) is 4.98 Å². The molecule has 72 valence electrons. The van der Waals surface area contributed by atoms with Gasteiger partial charge in [-0.25, -0.2) is 4.39 Å². The van der Waals surface area contributed by atoms with E-state index in [9.17, 15) is 4.39 Å². The van der Waals surface area contributed by atoms with Gasteiger partial charge in [0.1, 0.15) is 5.82 Å². The molecule has 0 radical (unpaired) electrons. The molecule has 0 fully saturated rings. The zero-order valence-corrected chi connectivity index (χ0v) is 8.34. The van der Waals surface area contributed by atoms with Crippen molar-refractivity contribution in [3.05, 3.63) is 41.3 Å². The van der Waals surface area contributed by atoms with Crippen LogP contribution in [0.3, 0.4) is 0 Å². The fraction of sp³-hybridized carbons (Fsp3) is 0.250. The summed E-state index contributed by atoms with van der Waals surface area (Å²) in [6.07, 6.45) is 0.680. The van der Waals surface area contributed by atoms with E-state index in [2.05, 4.69) is 4.98 Å². The van der Waals surface area contributed by atoms with Crippen LogP contribution < -0.4 is 0 Å². The SMILES string of the molecule is CCc1c(F)ccc2ccc(C)nc12. The number of aryl methyl sites for hydroxylation is 2. The monoisotopic (exact) mass is 189 g/mol. The molecule has 0 atom stereocenters. The van der Waals surface area contributed by atoms with Crippen LogP contribution in [0.4, 0.5) is 4.39 Å². The summed E-state index contributed by atoms with van der Waals surface area (Å²) < 4.78 is 13.4. The van der Waals surface area contributed by atoms with Gasteiger partial charge in [0.25, 0.3) is 0 Å². The van der Waals surface area contributed by atoms with Gasteiger partial charge in [-0.15, -0.1) is 0 Å². The third-order valence-electron chi connectivity index (χ3n) is 2.40. The Hall–Kier alpha value is -1.44. The molecule has 0 spiro atoms. The number of halogens is 1. The number of pyridine rings is 1. The summed E-state index contributed by atoms with van der Waals surface area (Å²) in [5.74, 6) is -0.155. The van der Waals surface area contributed by atoms with Crippen molar-refractivity contribution >= 4 is 10.9 Å². The number of aromatic nitrogens is 1. The van der Waals surface area contributed by atoms with Gasteiger partial charge in [-0.1, -0.05) is 13.0 Å². The van der Waals surface area contributed by atoms with E-state index < -0.39 is 0 Å². The van der Waals surface area contributed by atoms with Crippen LogP contribution in [0.1, 0.15) is 18.2 Å². The second-order valence-corrected chi connectivity index (χ2v) is 3.40. The molecule has 1 aromatic heterocycles. The van der Waals surface area contributed by atoms with Crippen molar-refractivity contribution < 1.29 is 4.39 Å². The second kappa shape index (κ2) is 3.37. The molecule has 0 aliphatic rings. The summed E-state index contributed by atoms with van der Waals surface area (Å²) in [7, 11) is 0. The van der Waals surface area contributed by atoms with Gasteiger partial charge in [-0.2, -0.15) is 0 Å². The standard InChI is InChI=1S/C12H12FN/c1-3-10-11(13)7-6-9-5-4-8(2)14-12(9)10/h4-7H,3H2,1-2H3. The summed E-state index contributed by atoms with van der Waals surface area (Å²) in [4.78, 5) is 4.37. The van der Waals surface area contributed by atoms with E-state index in [0.29, 0.717) is 12.0 Å². The summed E-state index contributed by atoms with van der Waals surface area (Å²) in [6, 6.07) is 7.21. The largest absolute Gasteiger partial charge is 0.253 e. The van der Waals surface area contributed by atoms with E-state index in [-0.39, 0.29) is 5.82 Å². The fourth-order valence-corrected chi connectivity index (χ4v) is 1.66. The van der Waals surface area contributed by atoms with Crippen LogP contribution in [-0.2, 0) is 6.42 Å². The zero-order chi connectivity index (χ0) is 10.1. The highest BCUT2D eigenvalue weighted by Gasteiger charge is 2.06. The highest BCUT2D eigenvalue weighted by atomic mass is 19.1. The van der Waals surface area contributed by atoms with Crippen LogP contribution in [0.15, 0.2) is 24.3 Å². The van der Waals surface area contributed by atoms with Crippen molar-refractivity contribution in [1.29, 1.82) is 0 Å². The molecule has 1 nitrogen and oxygen atoms in total.